The molecule has 0 aliphatic carbocycles. The van der Waals surface area contributed by atoms with Gasteiger partial charge in [-0.25, -0.2) is 12.7 Å². The first-order valence-corrected chi connectivity index (χ1v) is 8.75. The molecule has 102 valence electrons. The number of nitrogens with zero attached hydrogens (tertiary/aromatic N) is 1. The van der Waals surface area contributed by atoms with Crippen molar-refractivity contribution in [2.24, 2.45) is 0 Å². The van der Waals surface area contributed by atoms with Gasteiger partial charge in [0.2, 0.25) is 10.0 Å². The van der Waals surface area contributed by atoms with Crippen molar-refractivity contribution in [3.63, 3.8) is 0 Å². The van der Waals surface area contributed by atoms with Gasteiger partial charge in [0.1, 0.15) is 0 Å². The van der Waals surface area contributed by atoms with Crippen molar-refractivity contribution in [3.8, 4) is 0 Å². The largest absolute Gasteiger partial charge is 0.308 e. The highest BCUT2D eigenvalue weighted by atomic mass is 32.2. The molecule has 1 aliphatic rings. The van der Waals surface area contributed by atoms with Crippen molar-refractivity contribution >= 4 is 21.4 Å². The summed E-state index contributed by atoms with van der Waals surface area (Å²) < 4.78 is 24.8. The van der Waals surface area contributed by atoms with Crippen LogP contribution in [0.2, 0.25) is 0 Å². The first-order chi connectivity index (χ1) is 8.50. The van der Waals surface area contributed by atoms with Crippen LogP contribution in [0.1, 0.15) is 29.8 Å². The Morgan fingerprint density at radius 1 is 1.56 bits per heavy atom. The molecule has 0 aromatic carbocycles. The van der Waals surface area contributed by atoms with Crippen LogP contribution in [0.25, 0.3) is 0 Å². The maximum absolute atomic E-state index is 11.6. The van der Waals surface area contributed by atoms with Crippen molar-refractivity contribution in [3.05, 3.63) is 21.9 Å². The normalized spacial score (nSPS) is 21.2. The molecule has 18 heavy (non-hydrogen) atoms. The summed E-state index contributed by atoms with van der Waals surface area (Å²) in [7, 11) is -2.95. The molecule has 0 spiro atoms. The Kier molecular flexibility index (Phi) is 4.42. The lowest BCUT2D eigenvalue weighted by Crippen LogP contribution is -2.34. The van der Waals surface area contributed by atoms with Gasteiger partial charge in [0, 0.05) is 30.6 Å². The van der Waals surface area contributed by atoms with Gasteiger partial charge in [0.25, 0.3) is 0 Å². The number of thiophene rings is 1. The average Bonchev–Trinajstić information content (AvgIpc) is 2.85. The number of nitrogens with one attached hydrogen (secondary N) is 1. The lowest BCUT2D eigenvalue weighted by Gasteiger charge is -2.17. The van der Waals surface area contributed by atoms with Crippen LogP contribution in [0.5, 0.6) is 0 Å². The summed E-state index contributed by atoms with van der Waals surface area (Å²) in [6.07, 6.45) is 0.766. The van der Waals surface area contributed by atoms with E-state index in [4.69, 9.17) is 0 Å². The van der Waals surface area contributed by atoms with Crippen LogP contribution < -0.4 is 5.32 Å². The molecule has 1 aliphatic heterocycles. The predicted octanol–water partition coefficient (Wildman–Crippen LogP) is 1.74. The molecular weight excluding hydrogens is 268 g/mol. The quantitative estimate of drug-likeness (QED) is 0.898. The first kappa shape index (κ1) is 14.0. The zero-order chi connectivity index (χ0) is 13.2. The Morgan fingerprint density at radius 2 is 2.33 bits per heavy atom. The van der Waals surface area contributed by atoms with Crippen molar-refractivity contribution in [1.82, 2.24) is 9.62 Å². The summed E-state index contributed by atoms with van der Waals surface area (Å²) in [5.41, 5.74) is 1.30. The van der Waals surface area contributed by atoms with Crippen LogP contribution in [-0.4, -0.2) is 38.1 Å². The monoisotopic (exact) mass is 288 g/mol. The number of sulfonamides is 1. The fraction of sp³-hybridized carbons (Fsp3) is 0.667. The van der Waals surface area contributed by atoms with E-state index in [1.807, 2.05) is 0 Å². The maximum Gasteiger partial charge on any atom is 0.214 e. The fourth-order valence-electron chi connectivity index (χ4n) is 2.27. The van der Waals surface area contributed by atoms with Gasteiger partial charge in [-0.15, -0.1) is 11.3 Å². The minimum Gasteiger partial charge on any atom is -0.308 e. The molecular formula is C12H20N2O2S2. The van der Waals surface area contributed by atoms with E-state index in [-0.39, 0.29) is 6.04 Å². The van der Waals surface area contributed by atoms with E-state index in [0.717, 1.165) is 6.42 Å². The molecule has 1 N–H and O–H groups in total. The summed E-state index contributed by atoms with van der Waals surface area (Å²) in [5.74, 6) is 0.312. The molecule has 1 aromatic heterocycles. The fourth-order valence-corrected chi connectivity index (χ4v) is 4.76. The van der Waals surface area contributed by atoms with Crippen LogP contribution in [0.15, 0.2) is 11.4 Å². The third kappa shape index (κ3) is 3.12. The highest BCUT2D eigenvalue weighted by Crippen LogP contribution is 2.23. The van der Waals surface area contributed by atoms with Gasteiger partial charge in [-0.05, 0) is 37.3 Å². The Labute approximate surface area is 113 Å². The lowest BCUT2D eigenvalue weighted by molar-refractivity contribution is 0.422. The molecule has 0 bridgehead atoms. The summed E-state index contributed by atoms with van der Waals surface area (Å²) in [5, 5.41) is 5.49. The minimum absolute atomic E-state index is 0.287. The SMILES string of the molecule is Cc1ccsc1[C@H](C)NCCN1CCCS1(=O)=O. The van der Waals surface area contributed by atoms with Crippen molar-refractivity contribution < 1.29 is 8.42 Å². The molecule has 0 amide bonds. The number of rotatable bonds is 5. The first-order valence-electron chi connectivity index (χ1n) is 6.26. The molecule has 1 aromatic rings. The van der Waals surface area contributed by atoms with Crippen molar-refractivity contribution in [2.75, 3.05) is 25.4 Å². The zero-order valence-corrected chi connectivity index (χ0v) is 12.5. The van der Waals surface area contributed by atoms with Gasteiger partial charge in [0.05, 0.1) is 5.75 Å². The van der Waals surface area contributed by atoms with Crippen LogP contribution in [0.3, 0.4) is 0 Å². The van der Waals surface area contributed by atoms with E-state index in [9.17, 15) is 8.42 Å². The summed E-state index contributed by atoms with van der Waals surface area (Å²) >= 11 is 1.75. The van der Waals surface area contributed by atoms with Gasteiger partial charge in [-0.3, -0.25) is 0 Å². The van der Waals surface area contributed by atoms with Gasteiger partial charge in [-0.2, -0.15) is 0 Å². The summed E-state index contributed by atoms with van der Waals surface area (Å²) in [6, 6.07) is 2.40. The van der Waals surface area contributed by atoms with E-state index in [1.165, 1.54) is 10.4 Å². The maximum atomic E-state index is 11.6. The minimum atomic E-state index is -2.95. The van der Waals surface area contributed by atoms with E-state index in [1.54, 1.807) is 15.6 Å². The van der Waals surface area contributed by atoms with E-state index < -0.39 is 10.0 Å². The predicted molar refractivity (Wildman–Crippen MR) is 75.5 cm³/mol. The second kappa shape index (κ2) is 5.69. The standard InChI is InChI=1S/C12H20N2O2S2/c1-10-4-8-17-12(10)11(2)13-5-7-14-6-3-9-18(14,15)16/h4,8,11,13H,3,5-7,9H2,1-2H3/t11-/m0/s1. The molecule has 6 heteroatoms. The average molecular weight is 288 g/mol. The molecule has 2 rings (SSSR count). The van der Waals surface area contributed by atoms with Gasteiger partial charge < -0.3 is 5.32 Å². The van der Waals surface area contributed by atoms with Gasteiger partial charge in [-0.1, -0.05) is 0 Å². The topological polar surface area (TPSA) is 49.4 Å². The second-order valence-corrected chi connectivity index (χ2v) is 7.75. The zero-order valence-electron chi connectivity index (χ0n) is 10.8. The highest BCUT2D eigenvalue weighted by molar-refractivity contribution is 7.89. The molecule has 4 nitrogen and oxygen atoms in total. The van der Waals surface area contributed by atoms with Crippen molar-refractivity contribution in [2.45, 2.75) is 26.3 Å². The van der Waals surface area contributed by atoms with E-state index in [0.29, 0.717) is 25.4 Å². The molecule has 2 heterocycles. The Bertz CT molecular complexity index is 496. The molecule has 0 unspecified atom stereocenters. The molecule has 1 saturated heterocycles. The van der Waals surface area contributed by atoms with Crippen LogP contribution in [0, 0.1) is 6.92 Å². The smallest absolute Gasteiger partial charge is 0.214 e. The van der Waals surface area contributed by atoms with Crippen LogP contribution >= 0.6 is 11.3 Å². The number of hydrogen-bond donors (Lipinski definition) is 1. The lowest BCUT2D eigenvalue weighted by atomic mass is 10.2. The van der Waals surface area contributed by atoms with Crippen LogP contribution in [-0.2, 0) is 10.0 Å². The van der Waals surface area contributed by atoms with Crippen LogP contribution in [0.4, 0.5) is 0 Å². The summed E-state index contributed by atoms with van der Waals surface area (Å²) in [6.45, 7) is 6.19. The Morgan fingerprint density at radius 3 is 2.89 bits per heavy atom. The highest BCUT2D eigenvalue weighted by Gasteiger charge is 2.27. The number of aryl methyl sites for hydroxylation is 1. The number of hydrogen-bond acceptors (Lipinski definition) is 4. The van der Waals surface area contributed by atoms with E-state index >= 15 is 0 Å². The molecule has 1 fully saturated rings. The van der Waals surface area contributed by atoms with E-state index in [2.05, 4.69) is 30.6 Å². The second-order valence-electron chi connectivity index (χ2n) is 4.71. The Balaban J connectivity index is 1.81. The summed E-state index contributed by atoms with van der Waals surface area (Å²) in [4.78, 5) is 1.33. The third-order valence-corrected chi connectivity index (χ3v) is 6.47. The Hall–Kier alpha value is -0.430. The van der Waals surface area contributed by atoms with Gasteiger partial charge in [0.15, 0.2) is 0 Å². The van der Waals surface area contributed by atoms with Crippen molar-refractivity contribution in [1.29, 1.82) is 0 Å². The molecule has 0 radical (unpaired) electrons. The van der Waals surface area contributed by atoms with Gasteiger partial charge >= 0.3 is 0 Å². The molecule has 1 atom stereocenters. The third-order valence-electron chi connectivity index (χ3n) is 3.31. The molecule has 0 saturated carbocycles.